The molecule has 1 aliphatic heterocycles. The smallest absolute Gasteiger partial charge is 0.254 e. The molecular formula is C16H11F3N2O4. The van der Waals surface area contributed by atoms with Crippen molar-refractivity contribution in [3.63, 3.8) is 0 Å². The molecule has 0 saturated carbocycles. The summed E-state index contributed by atoms with van der Waals surface area (Å²) in [5.74, 6) is -5.42. The highest BCUT2D eigenvalue weighted by atomic mass is 19.2. The van der Waals surface area contributed by atoms with Crippen LogP contribution in [0.1, 0.15) is 10.4 Å². The third-order valence-electron chi connectivity index (χ3n) is 3.35. The van der Waals surface area contributed by atoms with Gasteiger partial charge >= 0.3 is 0 Å². The number of hydrogen-bond acceptors (Lipinski definition) is 4. The van der Waals surface area contributed by atoms with E-state index in [4.69, 9.17) is 9.47 Å². The van der Waals surface area contributed by atoms with Crippen molar-refractivity contribution in [1.29, 1.82) is 0 Å². The van der Waals surface area contributed by atoms with Crippen LogP contribution in [0, 0.1) is 17.5 Å². The number of rotatable bonds is 4. The van der Waals surface area contributed by atoms with Crippen molar-refractivity contribution in [1.82, 2.24) is 5.32 Å². The molecule has 0 radical (unpaired) electrons. The minimum absolute atomic E-state index is 0.0859. The van der Waals surface area contributed by atoms with Crippen molar-refractivity contribution in [3.8, 4) is 11.5 Å². The van der Waals surface area contributed by atoms with E-state index in [1.54, 1.807) is 12.1 Å². The molecule has 2 N–H and O–H groups in total. The number of amides is 2. The van der Waals surface area contributed by atoms with Gasteiger partial charge in [0, 0.05) is 11.8 Å². The maximum absolute atomic E-state index is 13.5. The third-order valence-corrected chi connectivity index (χ3v) is 3.35. The predicted octanol–water partition coefficient (Wildman–Crippen LogP) is 2.20. The van der Waals surface area contributed by atoms with E-state index in [1.807, 2.05) is 0 Å². The molecular weight excluding hydrogens is 341 g/mol. The first-order valence-corrected chi connectivity index (χ1v) is 7.07. The summed E-state index contributed by atoms with van der Waals surface area (Å²) in [5, 5.41) is 4.62. The van der Waals surface area contributed by atoms with Crippen LogP contribution in [0.15, 0.2) is 30.3 Å². The van der Waals surface area contributed by atoms with Crippen molar-refractivity contribution in [2.24, 2.45) is 0 Å². The average Bonchev–Trinajstić information content (AvgIpc) is 3.05. The molecule has 2 amide bonds. The lowest BCUT2D eigenvalue weighted by Crippen LogP contribution is -2.33. The van der Waals surface area contributed by atoms with E-state index >= 15 is 0 Å². The standard InChI is InChI=1S/C16H11F3N2O4/c17-10-3-2-9(14(18)15(10)19)16(23)20-6-13(22)21-8-1-4-11-12(5-8)25-7-24-11/h1-5H,6-7H2,(H,20,23)(H,21,22). The Morgan fingerprint density at radius 1 is 1.00 bits per heavy atom. The Kier molecular flexibility index (Phi) is 4.46. The molecule has 1 aliphatic rings. The number of halogens is 3. The van der Waals surface area contributed by atoms with E-state index in [2.05, 4.69) is 10.6 Å². The SMILES string of the molecule is O=C(CNC(=O)c1ccc(F)c(F)c1F)Nc1ccc2c(c1)OCO2. The lowest BCUT2D eigenvalue weighted by Gasteiger charge is -2.08. The van der Waals surface area contributed by atoms with Gasteiger partial charge in [-0.3, -0.25) is 9.59 Å². The summed E-state index contributed by atoms with van der Waals surface area (Å²) in [7, 11) is 0. The molecule has 6 nitrogen and oxygen atoms in total. The summed E-state index contributed by atoms with van der Waals surface area (Å²) in [4.78, 5) is 23.6. The van der Waals surface area contributed by atoms with Crippen molar-refractivity contribution >= 4 is 17.5 Å². The molecule has 9 heteroatoms. The molecule has 0 saturated heterocycles. The van der Waals surface area contributed by atoms with Crippen molar-refractivity contribution < 1.29 is 32.2 Å². The minimum Gasteiger partial charge on any atom is -0.454 e. The number of anilines is 1. The first-order chi connectivity index (χ1) is 12.0. The molecule has 3 rings (SSSR count). The molecule has 1 heterocycles. The monoisotopic (exact) mass is 352 g/mol. The fraction of sp³-hybridized carbons (Fsp3) is 0.125. The number of hydrogen-bond donors (Lipinski definition) is 2. The summed E-state index contributed by atoms with van der Waals surface area (Å²) in [6.45, 7) is -0.408. The van der Waals surface area contributed by atoms with Gasteiger partial charge in [-0.1, -0.05) is 0 Å². The molecule has 0 atom stereocenters. The van der Waals surface area contributed by atoms with E-state index in [-0.39, 0.29) is 6.79 Å². The topological polar surface area (TPSA) is 76.7 Å². The molecule has 2 aromatic carbocycles. The van der Waals surface area contributed by atoms with Crippen LogP contribution in [0.25, 0.3) is 0 Å². The van der Waals surface area contributed by atoms with Crippen LogP contribution in [0.2, 0.25) is 0 Å². The minimum atomic E-state index is -1.75. The number of ether oxygens (including phenoxy) is 2. The highest BCUT2D eigenvalue weighted by Gasteiger charge is 2.19. The first kappa shape index (κ1) is 16.6. The van der Waals surface area contributed by atoms with E-state index in [0.717, 1.165) is 6.07 Å². The Labute approximate surface area is 139 Å². The molecule has 0 aromatic heterocycles. The van der Waals surface area contributed by atoms with Gasteiger partial charge in [-0.15, -0.1) is 0 Å². The summed E-state index contributed by atoms with van der Waals surface area (Å²) in [6.07, 6.45) is 0. The van der Waals surface area contributed by atoms with E-state index in [9.17, 15) is 22.8 Å². The summed E-state index contributed by atoms with van der Waals surface area (Å²) in [6, 6.07) is 6.13. The number of fused-ring (bicyclic) bond motifs is 1. The second kappa shape index (κ2) is 6.71. The third kappa shape index (κ3) is 3.49. The molecule has 0 bridgehead atoms. The molecule has 0 unspecified atom stereocenters. The van der Waals surface area contributed by atoms with Crippen LogP contribution in [-0.2, 0) is 4.79 Å². The summed E-state index contributed by atoms with van der Waals surface area (Å²) < 4.78 is 49.8. The number of carbonyl (C=O) groups excluding carboxylic acids is 2. The van der Waals surface area contributed by atoms with Gasteiger partial charge in [-0.2, -0.15) is 0 Å². The largest absolute Gasteiger partial charge is 0.454 e. The molecule has 130 valence electrons. The Hall–Kier alpha value is -3.23. The van der Waals surface area contributed by atoms with Crippen LogP contribution in [-0.4, -0.2) is 25.2 Å². The predicted molar refractivity (Wildman–Crippen MR) is 79.8 cm³/mol. The Balaban J connectivity index is 1.59. The van der Waals surface area contributed by atoms with Gasteiger partial charge in [0.25, 0.3) is 5.91 Å². The maximum Gasteiger partial charge on any atom is 0.254 e. The van der Waals surface area contributed by atoms with Crippen LogP contribution >= 0.6 is 0 Å². The van der Waals surface area contributed by atoms with Crippen molar-refractivity contribution in [2.75, 3.05) is 18.7 Å². The summed E-state index contributed by atoms with van der Waals surface area (Å²) in [5.41, 5.74) is -0.294. The Morgan fingerprint density at radius 2 is 1.76 bits per heavy atom. The fourth-order valence-corrected chi connectivity index (χ4v) is 2.14. The quantitative estimate of drug-likeness (QED) is 0.827. The molecule has 0 spiro atoms. The van der Waals surface area contributed by atoms with Gasteiger partial charge in [-0.25, -0.2) is 13.2 Å². The van der Waals surface area contributed by atoms with E-state index in [0.29, 0.717) is 23.3 Å². The van der Waals surface area contributed by atoms with Crippen molar-refractivity contribution in [3.05, 3.63) is 53.3 Å². The first-order valence-electron chi connectivity index (χ1n) is 7.07. The molecule has 0 aliphatic carbocycles. The van der Waals surface area contributed by atoms with Crippen LogP contribution in [0.4, 0.5) is 18.9 Å². The highest BCUT2D eigenvalue weighted by molar-refractivity contribution is 5.99. The van der Waals surface area contributed by atoms with E-state index < -0.39 is 41.4 Å². The van der Waals surface area contributed by atoms with Crippen LogP contribution in [0.5, 0.6) is 11.5 Å². The number of nitrogens with one attached hydrogen (secondary N) is 2. The Bertz CT molecular complexity index is 858. The fourth-order valence-electron chi connectivity index (χ4n) is 2.14. The lowest BCUT2D eigenvalue weighted by molar-refractivity contribution is -0.115. The average molecular weight is 352 g/mol. The molecule has 0 fully saturated rings. The zero-order chi connectivity index (χ0) is 18.0. The second-order valence-electron chi connectivity index (χ2n) is 5.02. The number of benzene rings is 2. The number of carbonyl (C=O) groups is 2. The normalized spacial score (nSPS) is 12.0. The van der Waals surface area contributed by atoms with Gasteiger partial charge < -0.3 is 20.1 Å². The van der Waals surface area contributed by atoms with Crippen LogP contribution in [0.3, 0.4) is 0 Å². The maximum atomic E-state index is 13.5. The van der Waals surface area contributed by atoms with Crippen molar-refractivity contribution in [2.45, 2.75) is 0 Å². The zero-order valence-corrected chi connectivity index (χ0v) is 12.6. The van der Waals surface area contributed by atoms with E-state index in [1.165, 1.54) is 6.07 Å². The van der Waals surface area contributed by atoms with Gasteiger partial charge in [0.05, 0.1) is 12.1 Å². The Morgan fingerprint density at radius 3 is 2.56 bits per heavy atom. The lowest BCUT2D eigenvalue weighted by atomic mass is 10.2. The van der Waals surface area contributed by atoms with Crippen LogP contribution < -0.4 is 20.1 Å². The van der Waals surface area contributed by atoms with Gasteiger partial charge in [0.15, 0.2) is 29.0 Å². The van der Waals surface area contributed by atoms with Gasteiger partial charge in [-0.05, 0) is 24.3 Å². The zero-order valence-electron chi connectivity index (χ0n) is 12.6. The molecule has 25 heavy (non-hydrogen) atoms. The second-order valence-corrected chi connectivity index (χ2v) is 5.02. The van der Waals surface area contributed by atoms with Gasteiger partial charge in [0.2, 0.25) is 12.7 Å². The molecule has 2 aromatic rings. The van der Waals surface area contributed by atoms with Gasteiger partial charge in [0.1, 0.15) is 0 Å². The highest BCUT2D eigenvalue weighted by Crippen LogP contribution is 2.34. The summed E-state index contributed by atoms with van der Waals surface area (Å²) >= 11 is 0.